The smallest absolute Gasteiger partial charge is 0.756 e. The van der Waals surface area contributed by atoms with Crippen LogP contribution in [0.4, 0.5) is 0 Å². The SMILES string of the molecule is O.O=P([O-])(O)O.O=P([O-])(O)O.[Zn+2]. The molecule has 0 aromatic heterocycles. The molecule has 12 heavy (non-hydrogen) atoms. The molecule has 0 aliphatic rings. The van der Waals surface area contributed by atoms with Gasteiger partial charge in [-0.2, -0.15) is 0 Å². The summed E-state index contributed by atoms with van der Waals surface area (Å²) < 4.78 is 17.5. The molecule has 0 saturated heterocycles. The second-order valence-corrected chi connectivity index (χ2v) is 2.94. The fourth-order valence-electron chi connectivity index (χ4n) is 0. The van der Waals surface area contributed by atoms with Crippen molar-refractivity contribution in [2.45, 2.75) is 0 Å². The van der Waals surface area contributed by atoms with Crippen LogP contribution in [0.3, 0.4) is 0 Å². The second-order valence-electron chi connectivity index (χ2n) is 0.981. The summed E-state index contributed by atoms with van der Waals surface area (Å²) in [6.07, 6.45) is 0. The van der Waals surface area contributed by atoms with Gasteiger partial charge in [0.1, 0.15) is 0 Å². The number of hydrogen-bond donors (Lipinski definition) is 4. The molecule has 0 aromatic rings. The zero-order chi connectivity index (χ0) is 9.00. The molecule has 0 bridgehead atoms. The van der Waals surface area contributed by atoms with Crippen molar-refractivity contribution >= 4 is 15.6 Å². The van der Waals surface area contributed by atoms with Gasteiger partial charge in [0.05, 0.1) is 0 Å². The Labute approximate surface area is 79.6 Å². The molecule has 0 rings (SSSR count). The van der Waals surface area contributed by atoms with Crippen LogP contribution in [0.15, 0.2) is 0 Å². The van der Waals surface area contributed by atoms with E-state index in [1.165, 1.54) is 0 Å². The summed E-state index contributed by atoms with van der Waals surface area (Å²) in [6.45, 7) is 0. The van der Waals surface area contributed by atoms with Crippen molar-refractivity contribution in [2.75, 3.05) is 0 Å². The summed E-state index contributed by atoms with van der Waals surface area (Å²) in [5.74, 6) is 0. The van der Waals surface area contributed by atoms with Crippen LogP contribution in [0.1, 0.15) is 0 Å². The van der Waals surface area contributed by atoms with Gasteiger partial charge < -0.3 is 34.8 Å². The first-order valence-electron chi connectivity index (χ1n) is 1.53. The van der Waals surface area contributed by atoms with Gasteiger partial charge in [0.2, 0.25) is 0 Å². The van der Waals surface area contributed by atoms with Gasteiger partial charge in [-0.15, -0.1) is 0 Å². The van der Waals surface area contributed by atoms with Gasteiger partial charge in [-0.25, -0.2) is 0 Å². The maximum Gasteiger partial charge on any atom is 2.00 e. The predicted octanol–water partition coefficient (Wildman–Crippen LogP) is -3.95. The molecular weight excluding hydrogens is 271 g/mol. The van der Waals surface area contributed by atoms with E-state index in [4.69, 9.17) is 38.5 Å². The summed E-state index contributed by atoms with van der Waals surface area (Å²) in [5, 5.41) is 0. The van der Waals surface area contributed by atoms with Crippen LogP contribution in [0.5, 0.6) is 0 Å². The van der Waals surface area contributed by atoms with E-state index in [0.29, 0.717) is 0 Å². The largest absolute Gasteiger partial charge is 2.00 e. The van der Waals surface area contributed by atoms with Crippen LogP contribution < -0.4 is 9.79 Å². The molecule has 0 unspecified atom stereocenters. The van der Waals surface area contributed by atoms with E-state index in [1.807, 2.05) is 0 Å². The number of rotatable bonds is 0. The van der Waals surface area contributed by atoms with E-state index in [0.717, 1.165) is 0 Å². The maximum atomic E-state index is 8.77. The van der Waals surface area contributed by atoms with Crippen molar-refractivity contribution < 1.29 is 63.4 Å². The fourth-order valence-corrected chi connectivity index (χ4v) is 0. The molecule has 0 atom stereocenters. The first kappa shape index (κ1) is 23.0. The second kappa shape index (κ2) is 8.40. The normalized spacial score (nSPS) is 9.83. The number of hydrogen-bond acceptors (Lipinski definition) is 4. The first-order valence-corrected chi connectivity index (χ1v) is 4.59. The van der Waals surface area contributed by atoms with Crippen LogP contribution in [-0.4, -0.2) is 25.0 Å². The molecule has 6 N–H and O–H groups in total. The quantitative estimate of drug-likeness (QED) is 0.254. The molecule has 0 radical (unpaired) electrons. The molecule has 0 heterocycles. The number of phosphoric acid groups is 2. The molecule has 0 saturated carbocycles. The van der Waals surface area contributed by atoms with E-state index < -0.39 is 15.6 Å². The van der Waals surface area contributed by atoms with Crippen LogP contribution in [0.2, 0.25) is 0 Å². The third-order valence-corrected chi connectivity index (χ3v) is 0. The van der Waals surface area contributed by atoms with Gasteiger partial charge in [0, 0.05) is 0 Å². The summed E-state index contributed by atoms with van der Waals surface area (Å²) in [4.78, 5) is 45.8. The Kier molecular flexibility index (Phi) is 16.1. The van der Waals surface area contributed by atoms with Crippen LogP contribution in [-0.2, 0) is 28.6 Å². The Balaban J connectivity index is -0.0000000457. The summed E-state index contributed by atoms with van der Waals surface area (Å²) in [7, 11) is -9.78. The first-order chi connectivity index (χ1) is 4.00. The summed E-state index contributed by atoms with van der Waals surface area (Å²) >= 11 is 0. The standard InChI is InChI=1S/2H3O4P.H2O.Zn/c2*1-5(2,3)4;;/h2*(H3,1,2,3,4);1H2;/q;;;+2/p-2. The molecule has 0 aliphatic carbocycles. The molecular formula is H6O9P2Zn. The third-order valence-electron chi connectivity index (χ3n) is 0. The van der Waals surface area contributed by atoms with Crippen molar-refractivity contribution in [3.63, 3.8) is 0 Å². The van der Waals surface area contributed by atoms with Crippen LogP contribution in [0, 0.1) is 0 Å². The van der Waals surface area contributed by atoms with Gasteiger partial charge in [-0.05, 0) is 0 Å². The van der Waals surface area contributed by atoms with E-state index in [-0.39, 0.29) is 25.0 Å². The van der Waals surface area contributed by atoms with Crippen LogP contribution in [0.25, 0.3) is 0 Å². The van der Waals surface area contributed by atoms with Gasteiger partial charge in [0.25, 0.3) is 15.6 Å². The topological polar surface area (TPSA) is 193 Å². The minimum atomic E-state index is -4.89. The van der Waals surface area contributed by atoms with Crippen LogP contribution >= 0.6 is 15.6 Å². The van der Waals surface area contributed by atoms with Gasteiger partial charge >= 0.3 is 19.5 Å². The summed E-state index contributed by atoms with van der Waals surface area (Å²) in [6, 6.07) is 0. The zero-order valence-corrected chi connectivity index (χ0v) is 10.3. The van der Waals surface area contributed by atoms with Crippen molar-refractivity contribution in [1.29, 1.82) is 0 Å². The van der Waals surface area contributed by atoms with Crippen molar-refractivity contribution in [3.05, 3.63) is 0 Å². The minimum Gasteiger partial charge on any atom is -0.756 e. The molecule has 0 fully saturated rings. The van der Waals surface area contributed by atoms with Crippen molar-refractivity contribution in [1.82, 2.24) is 0 Å². The van der Waals surface area contributed by atoms with E-state index in [2.05, 4.69) is 0 Å². The molecule has 9 nitrogen and oxygen atoms in total. The van der Waals surface area contributed by atoms with Gasteiger partial charge in [-0.3, -0.25) is 9.13 Å². The van der Waals surface area contributed by atoms with E-state index >= 15 is 0 Å². The van der Waals surface area contributed by atoms with E-state index in [9.17, 15) is 0 Å². The molecule has 0 amide bonds. The Morgan fingerprint density at radius 2 is 0.833 bits per heavy atom. The maximum absolute atomic E-state index is 8.77. The van der Waals surface area contributed by atoms with E-state index in [1.54, 1.807) is 0 Å². The average molecular weight is 277 g/mol. The van der Waals surface area contributed by atoms with Gasteiger partial charge in [0.15, 0.2) is 0 Å². The summed E-state index contributed by atoms with van der Waals surface area (Å²) in [5.41, 5.74) is 0. The molecule has 72 valence electrons. The van der Waals surface area contributed by atoms with Gasteiger partial charge in [-0.1, -0.05) is 0 Å². The third kappa shape index (κ3) is 1610. The predicted molar refractivity (Wildman–Crippen MR) is 27.7 cm³/mol. The van der Waals surface area contributed by atoms with Crippen molar-refractivity contribution in [3.8, 4) is 0 Å². The Hall–Kier alpha value is 0.803. The Bertz CT molecular complexity index is 125. The average Bonchev–Trinajstić information content (AvgIpc) is 1.12. The molecule has 0 aliphatic heterocycles. The Morgan fingerprint density at radius 3 is 0.833 bits per heavy atom. The molecule has 0 aromatic carbocycles. The minimum absolute atomic E-state index is 0. The molecule has 12 heteroatoms. The Morgan fingerprint density at radius 1 is 0.833 bits per heavy atom. The monoisotopic (exact) mass is 276 g/mol. The fraction of sp³-hybridized carbons (Fsp3) is 0. The zero-order valence-electron chi connectivity index (χ0n) is 5.52. The van der Waals surface area contributed by atoms with Crippen molar-refractivity contribution in [2.24, 2.45) is 0 Å². The molecule has 0 spiro atoms.